The van der Waals surface area contributed by atoms with Crippen molar-refractivity contribution in [2.75, 3.05) is 52.5 Å². The standard InChI is InChI=1S/C29H41N3O2/c33-29(32-14-5-1-2-6-15-32)12-11-27-23-30(16-13-28(27)31-17-19-34-20-18-31)22-24-9-10-25-7-3-4-8-26(25)21-24/h3-4,7-10,21,27-28H,1-2,5-6,11-20,22-23H2/t27-,28+/m1/s1. The van der Waals surface area contributed by atoms with Crippen molar-refractivity contribution >= 4 is 16.7 Å². The Morgan fingerprint density at radius 2 is 1.65 bits per heavy atom. The van der Waals surface area contributed by atoms with Gasteiger partial charge in [-0.05, 0) is 60.5 Å². The van der Waals surface area contributed by atoms with E-state index >= 15 is 0 Å². The molecule has 3 saturated heterocycles. The lowest BCUT2D eigenvalue weighted by atomic mass is 9.86. The van der Waals surface area contributed by atoms with Gasteiger partial charge in [-0.15, -0.1) is 0 Å². The Kier molecular flexibility index (Phi) is 8.15. The number of piperidine rings is 1. The zero-order chi connectivity index (χ0) is 23.2. The zero-order valence-corrected chi connectivity index (χ0v) is 20.7. The van der Waals surface area contributed by atoms with Crippen LogP contribution in [-0.4, -0.2) is 79.1 Å². The summed E-state index contributed by atoms with van der Waals surface area (Å²) in [6.45, 7) is 8.89. The summed E-state index contributed by atoms with van der Waals surface area (Å²) < 4.78 is 5.64. The first-order chi connectivity index (χ1) is 16.8. The minimum Gasteiger partial charge on any atom is -0.379 e. The fourth-order valence-electron chi connectivity index (χ4n) is 6.29. The van der Waals surface area contributed by atoms with Crippen LogP contribution in [0.25, 0.3) is 10.8 Å². The lowest BCUT2D eigenvalue weighted by Crippen LogP contribution is -2.54. The van der Waals surface area contributed by atoms with E-state index in [1.54, 1.807) is 0 Å². The van der Waals surface area contributed by atoms with Crippen LogP contribution >= 0.6 is 0 Å². The van der Waals surface area contributed by atoms with Gasteiger partial charge in [0.2, 0.25) is 5.91 Å². The van der Waals surface area contributed by atoms with Crippen LogP contribution in [0, 0.1) is 5.92 Å². The van der Waals surface area contributed by atoms with Crippen LogP contribution in [0.1, 0.15) is 50.5 Å². The molecule has 5 nitrogen and oxygen atoms in total. The summed E-state index contributed by atoms with van der Waals surface area (Å²) in [6.07, 6.45) is 7.79. The summed E-state index contributed by atoms with van der Waals surface area (Å²) in [5.41, 5.74) is 1.39. The number of benzene rings is 2. The largest absolute Gasteiger partial charge is 0.379 e. The molecule has 2 aromatic carbocycles. The van der Waals surface area contributed by atoms with Crippen LogP contribution in [-0.2, 0) is 16.1 Å². The van der Waals surface area contributed by atoms with Gasteiger partial charge in [-0.1, -0.05) is 49.2 Å². The predicted octanol–water partition coefficient (Wildman–Crippen LogP) is 4.55. The molecule has 0 bridgehead atoms. The van der Waals surface area contributed by atoms with Crippen molar-refractivity contribution in [2.24, 2.45) is 5.92 Å². The molecule has 34 heavy (non-hydrogen) atoms. The number of carbonyl (C=O) groups is 1. The third-order valence-corrected chi connectivity index (χ3v) is 8.20. The van der Waals surface area contributed by atoms with Crippen molar-refractivity contribution in [3.05, 3.63) is 48.0 Å². The number of ether oxygens (including phenoxy) is 1. The molecule has 0 aromatic heterocycles. The van der Waals surface area contributed by atoms with Gasteiger partial charge in [0.25, 0.3) is 0 Å². The highest BCUT2D eigenvalue weighted by atomic mass is 16.5. The van der Waals surface area contributed by atoms with E-state index in [0.29, 0.717) is 24.3 Å². The highest BCUT2D eigenvalue weighted by molar-refractivity contribution is 5.83. The lowest BCUT2D eigenvalue weighted by molar-refractivity contribution is -0.131. The van der Waals surface area contributed by atoms with Gasteiger partial charge < -0.3 is 9.64 Å². The van der Waals surface area contributed by atoms with Crippen molar-refractivity contribution in [1.29, 1.82) is 0 Å². The number of morpholine rings is 1. The Balaban J connectivity index is 1.24. The molecule has 184 valence electrons. The SMILES string of the molecule is O=C(CC[C@@H]1CN(Cc2ccc3ccccc3c2)CC[C@@H]1N1CCOCC1)N1CCCCCC1. The molecule has 0 unspecified atom stereocenters. The number of fused-ring (bicyclic) bond motifs is 1. The van der Waals surface area contributed by atoms with Gasteiger partial charge in [-0.3, -0.25) is 14.6 Å². The molecule has 0 radical (unpaired) electrons. The second-order valence-electron chi connectivity index (χ2n) is 10.5. The fraction of sp³-hybridized carbons (Fsp3) is 0.621. The van der Waals surface area contributed by atoms with E-state index in [1.807, 2.05) is 0 Å². The summed E-state index contributed by atoms with van der Waals surface area (Å²) in [5.74, 6) is 0.928. The molecule has 0 saturated carbocycles. The Bertz CT molecular complexity index is 934. The van der Waals surface area contributed by atoms with Gasteiger partial charge in [0, 0.05) is 51.7 Å². The highest BCUT2D eigenvalue weighted by Crippen LogP contribution is 2.29. The van der Waals surface area contributed by atoms with Crippen molar-refractivity contribution in [2.45, 2.75) is 57.5 Å². The Morgan fingerprint density at radius 3 is 2.44 bits per heavy atom. The highest BCUT2D eigenvalue weighted by Gasteiger charge is 2.34. The first-order valence-corrected chi connectivity index (χ1v) is 13.6. The first-order valence-electron chi connectivity index (χ1n) is 13.6. The maximum atomic E-state index is 13.1. The fourth-order valence-corrected chi connectivity index (χ4v) is 6.29. The molecular formula is C29H41N3O2. The number of hydrogen-bond donors (Lipinski definition) is 0. The number of hydrogen-bond acceptors (Lipinski definition) is 4. The summed E-state index contributed by atoms with van der Waals surface area (Å²) in [4.78, 5) is 20.5. The van der Waals surface area contributed by atoms with Gasteiger partial charge in [0.15, 0.2) is 0 Å². The number of amides is 1. The minimum absolute atomic E-state index is 0.384. The second kappa shape index (κ2) is 11.7. The van der Waals surface area contributed by atoms with Crippen LogP contribution in [0.2, 0.25) is 0 Å². The summed E-state index contributed by atoms with van der Waals surface area (Å²) in [5, 5.41) is 2.63. The quantitative estimate of drug-likeness (QED) is 0.630. The van der Waals surface area contributed by atoms with Gasteiger partial charge in [-0.2, -0.15) is 0 Å². The van der Waals surface area contributed by atoms with Crippen LogP contribution in [0.4, 0.5) is 0 Å². The zero-order valence-electron chi connectivity index (χ0n) is 20.7. The van der Waals surface area contributed by atoms with Crippen molar-refractivity contribution in [3.63, 3.8) is 0 Å². The molecule has 0 aliphatic carbocycles. The van der Waals surface area contributed by atoms with E-state index in [9.17, 15) is 4.79 Å². The third kappa shape index (κ3) is 5.99. The average Bonchev–Trinajstić information content (AvgIpc) is 3.18. The van der Waals surface area contributed by atoms with Crippen LogP contribution < -0.4 is 0 Å². The lowest BCUT2D eigenvalue weighted by Gasteiger charge is -2.45. The summed E-state index contributed by atoms with van der Waals surface area (Å²) >= 11 is 0. The molecule has 3 aliphatic heterocycles. The van der Waals surface area contributed by atoms with E-state index < -0.39 is 0 Å². The summed E-state index contributed by atoms with van der Waals surface area (Å²) in [6, 6.07) is 16.1. The topological polar surface area (TPSA) is 36.0 Å². The Hall–Kier alpha value is -1.95. The monoisotopic (exact) mass is 463 g/mol. The molecule has 0 N–H and O–H groups in total. The van der Waals surface area contributed by atoms with Crippen molar-refractivity contribution in [1.82, 2.24) is 14.7 Å². The van der Waals surface area contributed by atoms with Gasteiger partial charge in [-0.25, -0.2) is 0 Å². The van der Waals surface area contributed by atoms with E-state index in [1.165, 1.54) is 48.4 Å². The maximum absolute atomic E-state index is 13.1. The van der Waals surface area contributed by atoms with E-state index in [0.717, 1.165) is 65.4 Å². The number of nitrogens with zero attached hydrogens (tertiary/aromatic N) is 3. The van der Waals surface area contributed by atoms with E-state index in [2.05, 4.69) is 57.2 Å². The summed E-state index contributed by atoms with van der Waals surface area (Å²) in [7, 11) is 0. The van der Waals surface area contributed by atoms with Gasteiger partial charge in [0.05, 0.1) is 13.2 Å². The van der Waals surface area contributed by atoms with Gasteiger partial charge >= 0.3 is 0 Å². The molecular weight excluding hydrogens is 422 g/mol. The molecule has 3 aliphatic rings. The van der Waals surface area contributed by atoms with E-state index in [4.69, 9.17) is 4.74 Å². The Morgan fingerprint density at radius 1 is 0.882 bits per heavy atom. The maximum Gasteiger partial charge on any atom is 0.222 e. The van der Waals surface area contributed by atoms with E-state index in [-0.39, 0.29) is 0 Å². The molecule has 5 heteroatoms. The van der Waals surface area contributed by atoms with Crippen LogP contribution in [0.3, 0.4) is 0 Å². The molecule has 0 spiro atoms. The Labute approximate surface area is 205 Å². The number of rotatable bonds is 6. The van der Waals surface area contributed by atoms with Crippen LogP contribution in [0.5, 0.6) is 0 Å². The normalized spacial score (nSPS) is 25.4. The second-order valence-corrected chi connectivity index (χ2v) is 10.5. The van der Waals surface area contributed by atoms with Crippen molar-refractivity contribution < 1.29 is 9.53 Å². The average molecular weight is 464 g/mol. The molecule has 1 amide bonds. The predicted molar refractivity (Wildman–Crippen MR) is 138 cm³/mol. The third-order valence-electron chi connectivity index (χ3n) is 8.20. The smallest absolute Gasteiger partial charge is 0.222 e. The minimum atomic E-state index is 0.384. The molecule has 3 heterocycles. The van der Waals surface area contributed by atoms with Crippen molar-refractivity contribution in [3.8, 4) is 0 Å². The molecule has 5 rings (SSSR count). The number of carbonyl (C=O) groups excluding carboxylic acids is 1. The molecule has 2 atom stereocenters. The van der Waals surface area contributed by atoms with Crippen LogP contribution in [0.15, 0.2) is 42.5 Å². The molecule has 3 fully saturated rings. The number of likely N-dealkylation sites (tertiary alicyclic amines) is 2. The van der Waals surface area contributed by atoms with Gasteiger partial charge in [0.1, 0.15) is 0 Å². The first kappa shape index (κ1) is 23.8. The molecule has 2 aromatic rings.